The number of aromatic amines is 1. The van der Waals surface area contributed by atoms with E-state index in [9.17, 15) is 9.59 Å². The highest BCUT2D eigenvalue weighted by atomic mass is 16.6. The van der Waals surface area contributed by atoms with Gasteiger partial charge in [0.25, 0.3) is 0 Å². The van der Waals surface area contributed by atoms with Crippen LogP contribution in [0.2, 0.25) is 0 Å². The average molecular weight is 516 g/mol. The molecule has 1 saturated carbocycles. The Balaban J connectivity index is 1.41. The van der Waals surface area contributed by atoms with E-state index >= 15 is 0 Å². The van der Waals surface area contributed by atoms with Crippen LogP contribution in [0.1, 0.15) is 55.6 Å². The summed E-state index contributed by atoms with van der Waals surface area (Å²) in [7, 11) is 1.66. The second-order valence-electron chi connectivity index (χ2n) is 10.5. The van der Waals surface area contributed by atoms with Crippen molar-refractivity contribution in [2.75, 3.05) is 20.3 Å². The Labute approximate surface area is 221 Å². The number of ketones is 1. The van der Waals surface area contributed by atoms with Crippen molar-refractivity contribution >= 4 is 22.7 Å². The molecule has 2 unspecified atom stereocenters. The van der Waals surface area contributed by atoms with Gasteiger partial charge < -0.3 is 19.5 Å². The third-order valence-corrected chi connectivity index (χ3v) is 8.36. The van der Waals surface area contributed by atoms with E-state index in [1.165, 1.54) is 0 Å². The van der Waals surface area contributed by atoms with E-state index in [-0.39, 0.29) is 29.8 Å². The number of methoxy groups -OCH3 is 1. The number of hydrogen-bond acceptors (Lipinski definition) is 7. The van der Waals surface area contributed by atoms with Gasteiger partial charge in [0.15, 0.2) is 0 Å². The topological polar surface area (TPSA) is 103 Å². The van der Waals surface area contributed by atoms with Crippen molar-refractivity contribution in [1.29, 1.82) is 0 Å². The molecule has 4 atom stereocenters. The molecule has 8 heteroatoms. The van der Waals surface area contributed by atoms with Gasteiger partial charge in [-0.1, -0.05) is 30.3 Å². The summed E-state index contributed by atoms with van der Waals surface area (Å²) in [6.07, 6.45) is 4.11. The summed E-state index contributed by atoms with van der Waals surface area (Å²) in [6.45, 7) is 3.09. The summed E-state index contributed by atoms with van der Waals surface area (Å²) in [5.41, 5.74) is 4.15. The summed E-state index contributed by atoms with van der Waals surface area (Å²) in [5.74, 6) is -0.221. The highest BCUT2D eigenvalue weighted by Crippen LogP contribution is 2.49. The predicted molar refractivity (Wildman–Crippen MR) is 142 cm³/mol. The Kier molecular flexibility index (Phi) is 6.66. The van der Waals surface area contributed by atoms with Crippen LogP contribution in [0.3, 0.4) is 0 Å². The number of Topliss-reactive ketones (excluding diaryl/α,β-unsaturated/α-hetero) is 1. The van der Waals surface area contributed by atoms with Crippen LogP contribution < -0.4 is 10.1 Å². The fourth-order valence-electron chi connectivity index (χ4n) is 6.62. The molecular formula is C30H33N3O5. The third kappa shape index (κ3) is 4.36. The summed E-state index contributed by atoms with van der Waals surface area (Å²) >= 11 is 0. The minimum atomic E-state index is -0.430. The lowest BCUT2D eigenvalue weighted by atomic mass is 9.64. The number of carbonyl (C=O) groups is 2. The normalized spacial score (nSPS) is 26.1. The summed E-state index contributed by atoms with van der Waals surface area (Å²) in [6, 6.07) is 13.7. The van der Waals surface area contributed by atoms with E-state index in [1.54, 1.807) is 13.3 Å². The van der Waals surface area contributed by atoms with Gasteiger partial charge in [-0.2, -0.15) is 5.10 Å². The van der Waals surface area contributed by atoms with Crippen molar-refractivity contribution in [2.24, 2.45) is 5.92 Å². The number of aromatic nitrogens is 2. The second-order valence-corrected chi connectivity index (χ2v) is 10.5. The quantitative estimate of drug-likeness (QED) is 0.486. The Morgan fingerprint density at radius 1 is 1.08 bits per heavy atom. The van der Waals surface area contributed by atoms with Crippen molar-refractivity contribution < 1.29 is 23.8 Å². The molecule has 8 nitrogen and oxygen atoms in total. The lowest BCUT2D eigenvalue weighted by Gasteiger charge is -2.45. The van der Waals surface area contributed by atoms with Crippen molar-refractivity contribution in [3.63, 3.8) is 0 Å². The number of esters is 1. The maximum atomic E-state index is 14.0. The number of carbonyl (C=O) groups excluding carboxylic acids is 2. The van der Waals surface area contributed by atoms with Gasteiger partial charge in [0.05, 0.1) is 37.6 Å². The highest BCUT2D eigenvalue weighted by molar-refractivity contribution is 5.97. The molecule has 0 spiro atoms. The predicted octanol–water partition coefficient (Wildman–Crippen LogP) is 4.39. The highest BCUT2D eigenvalue weighted by Gasteiger charge is 2.49. The monoisotopic (exact) mass is 515 g/mol. The van der Waals surface area contributed by atoms with E-state index < -0.39 is 11.8 Å². The number of nitrogens with one attached hydrogen (secondary N) is 2. The van der Waals surface area contributed by atoms with Gasteiger partial charge in [0.2, 0.25) is 0 Å². The van der Waals surface area contributed by atoms with Crippen molar-refractivity contribution in [2.45, 2.75) is 56.6 Å². The zero-order chi connectivity index (χ0) is 26.2. The third-order valence-electron chi connectivity index (χ3n) is 8.36. The molecule has 6 rings (SSSR count). The largest absolute Gasteiger partial charge is 0.496 e. The van der Waals surface area contributed by atoms with Crippen molar-refractivity contribution in [3.8, 4) is 5.75 Å². The number of rotatable bonds is 5. The molecule has 3 aliphatic rings. The van der Waals surface area contributed by atoms with Crippen LogP contribution in [0.5, 0.6) is 5.75 Å². The molecule has 198 valence electrons. The Hall–Kier alpha value is -3.65. The Morgan fingerprint density at radius 3 is 2.68 bits per heavy atom. The first-order valence-electron chi connectivity index (χ1n) is 13.4. The fraction of sp³-hybridized carbons (Fsp3) is 0.433. The van der Waals surface area contributed by atoms with E-state index in [1.807, 2.05) is 49.4 Å². The van der Waals surface area contributed by atoms with Gasteiger partial charge in [-0.3, -0.25) is 9.89 Å². The molecule has 38 heavy (non-hydrogen) atoms. The molecule has 2 N–H and O–H groups in total. The molecule has 1 aliphatic carbocycles. The summed E-state index contributed by atoms with van der Waals surface area (Å²) in [4.78, 5) is 27.8. The zero-order valence-electron chi connectivity index (χ0n) is 21.7. The summed E-state index contributed by atoms with van der Waals surface area (Å²) < 4.78 is 17.1. The van der Waals surface area contributed by atoms with E-state index in [0.29, 0.717) is 38.0 Å². The van der Waals surface area contributed by atoms with Crippen LogP contribution in [0.4, 0.5) is 0 Å². The fourth-order valence-corrected chi connectivity index (χ4v) is 6.62. The van der Waals surface area contributed by atoms with E-state index in [2.05, 4.69) is 15.5 Å². The lowest BCUT2D eigenvalue weighted by Crippen LogP contribution is -2.52. The van der Waals surface area contributed by atoms with Gasteiger partial charge >= 0.3 is 5.97 Å². The molecule has 2 aromatic carbocycles. The van der Waals surface area contributed by atoms with Gasteiger partial charge in [0.1, 0.15) is 17.6 Å². The molecule has 0 amide bonds. The molecule has 1 aromatic heterocycles. The number of nitrogens with zero attached hydrogens (tertiary/aromatic N) is 1. The number of fused-ring (bicyclic) bond motifs is 2. The molecule has 0 bridgehead atoms. The van der Waals surface area contributed by atoms with Gasteiger partial charge in [-0.15, -0.1) is 0 Å². The molecule has 2 aliphatic heterocycles. The first-order valence-corrected chi connectivity index (χ1v) is 13.4. The molecular weight excluding hydrogens is 482 g/mol. The van der Waals surface area contributed by atoms with E-state index in [4.69, 9.17) is 14.2 Å². The van der Waals surface area contributed by atoms with Crippen LogP contribution in [0, 0.1) is 5.92 Å². The van der Waals surface area contributed by atoms with E-state index in [0.717, 1.165) is 39.9 Å². The number of H-pyrrole nitrogens is 1. The van der Waals surface area contributed by atoms with Gasteiger partial charge in [-0.05, 0) is 42.5 Å². The van der Waals surface area contributed by atoms with Crippen LogP contribution in [-0.4, -0.2) is 54.4 Å². The number of benzene rings is 2. The van der Waals surface area contributed by atoms with Gasteiger partial charge in [-0.25, -0.2) is 4.79 Å². The molecule has 0 radical (unpaired) electrons. The molecule has 2 fully saturated rings. The second kappa shape index (κ2) is 10.3. The van der Waals surface area contributed by atoms with Crippen molar-refractivity contribution in [1.82, 2.24) is 15.5 Å². The maximum absolute atomic E-state index is 14.0. The van der Waals surface area contributed by atoms with Gasteiger partial charge in [0, 0.05) is 48.2 Å². The minimum absolute atomic E-state index is 0.0290. The first kappa shape index (κ1) is 24.7. The minimum Gasteiger partial charge on any atom is -0.496 e. The van der Waals surface area contributed by atoms with Crippen molar-refractivity contribution in [3.05, 3.63) is 71.1 Å². The molecule has 3 aromatic rings. The van der Waals surface area contributed by atoms with Crippen LogP contribution in [0.15, 0.2) is 59.9 Å². The Morgan fingerprint density at radius 2 is 1.87 bits per heavy atom. The van der Waals surface area contributed by atoms with Crippen LogP contribution >= 0.6 is 0 Å². The number of para-hydroxylation sites is 1. The molecule has 1 saturated heterocycles. The average Bonchev–Trinajstić information content (AvgIpc) is 3.42. The summed E-state index contributed by atoms with van der Waals surface area (Å²) in [5, 5.41) is 11.8. The number of hydrogen-bond donors (Lipinski definition) is 2. The molecule has 3 heterocycles. The number of ether oxygens (including phenoxy) is 3. The number of allylic oxidation sites excluding steroid dienone is 1. The SMILES string of the molecule is COc1ccccc1[C@H]1CC(=O)C2C(C1)NC(C)=C(C(=O)OC1CCOCC1)[C@H]2c1cccc2[nH]ncc12. The Bertz CT molecular complexity index is 1390. The zero-order valence-corrected chi connectivity index (χ0v) is 21.7. The lowest BCUT2D eigenvalue weighted by molar-refractivity contribution is -0.149. The van der Waals surface area contributed by atoms with Crippen LogP contribution in [0.25, 0.3) is 10.9 Å². The maximum Gasteiger partial charge on any atom is 0.336 e. The smallest absolute Gasteiger partial charge is 0.336 e. The van der Waals surface area contributed by atoms with Crippen LogP contribution in [-0.2, 0) is 19.1 Å². The standard InChI is InChI=1S/C30H33N3O5/c1-17-27(30(35)38-19-10-12-37-13-11-19)28(21-7-5-8-23-22(21)16-31-33-23)29-24(32-17)14-18(15-25(29)34)20-6-3-4-9-26(20)36-2/h3-9,16,18-19,24,28-29,32H,10-15H2,1-2H3,(H,31,33)/t18-,24?,28-,29?/m1/s1. The first-order chi connectivity index (χ1) is 18.5.